The van der Waals surface area contributed by atoms with Gasteiger partial charge in [0, 0.05) is 5.02 Å². The first kappa shape index (κ1) is 21.2. The van der Waals surface area contributed by atoms with Crippen molar-refractivity contribution in [2.75, 3.05) is 6.54 Å². The van der Waals surface area contributed by atoms with Gasteiger partial charge in [0.15, 0.2) is 0 Å². The van der Waals surface area contributed by atoms with Gasteiger partial charge >= 0.3 is 0 Å². The van der Waals surface area contributed by atoms with Gasteiger partial charge in [0.1, 0.15) is 24.3 Å². The number of unbranched alkanes of at least 4 members (excludes halogenated alkanes) is 1. The first-order valence-corrected chi connectivity index (χ1v) is 10.9. The van der Waals surface area contributed by atoms with E-state index in [-0.39, 0.29) is 0 Å². The van der Waals surface area contributed by atoms with E-state index >= 15 is 0 Å². The number of halogens is 1. The SMILES string of the molecule is Clc1cccc(Cn2cnnc2CN(CCCCc2ccccc2)Cc2nnc[nH]2)c1. The molecule has 0 aliphatic carbocycles. The Morgan fingerprint density at radius 2 is 1.77 bits per heavy atom. The summed E-state index contributed by atoms with van der Waals surface area (Å²) in [5.74, 6) is 1.77. The second-order valence-electron chi connectivity index (χ2n) is 7.59. The summed E-state index contributed by atoms with van der Waals surface area (Å²) in [7, 11) is 0. The van der Waals surface area contributed by atoms with E-state index in [4.69, 9.17) is 11.6 Å². The van der Waals surface area contributed by atoms with Crippen LogP contribution in [0.1, 0.15) is 35.6 Å². The molecule has 7 nitrogen and oxygen atoms in total. The van der Waals surface area contributed by atoms with E-state index in [1.54, 1.807) is 12.7 Å². The average molecular weight is 436 g/mol. The van der Waals surface area contributed by atoms with E-state index in [1.807, 2.05) is 18.2 Å². The van der Waals surface area contributed by atoms with E-state index < -0.39 is 0 Å². The number of nitrogens with one attached hydrogen (secondary N) is 1. The largest absolute Gasteiger partial charge is 0.330 e. The van der Waals surface area contributed by atoms with Crippen molar-refractivity contribution in [2.24, 2.45) is 0 Å². The molecule has 2 heterocycles. The molecule has 4 aromatic rings. The Bertz CT molecular complexity index is 1050. The number of rotatable bonds is 11. The maximum atomic E-state index is 6.14. The average Bonchev–Trinajstić information content (AvgIpc) is 3.44. The number of aromatic amines is 1. The molecule has 0 saturated heterocycles. The Balaban J connectivity index is 1.38. The van der Waals surface area contributed by atoms with Crippen LogP contribution in [0, 0.1) is 0 Å². The second-order valence-corrected chi connectivity index (χ2v) is 8.03. The molecule has 0 radical (unpaired) electrons. The van der Waals surface area contributed by atoms with Gasteiger partial charge in [-0.25, -0.2) is 0 Å². The van der Waals surface area contributed by atoms with Gasteiger partial charge in [-0.3, -0.25) is 4.90 Å². The number of hydrogen-bond acceptors (Lipinski definition) is 5. The number of aryl methyl sites for hydroxylation is 1. The highest BCUT2D eigenvalue weighted by molar-refractivity contribution is 6.30. The van der Waals surface area contributed by atoms with Gasteiger partial charge in [-0.05, 0) is 49.1 Å². The normalized spacial score (nSPS) is 11.3. The quantitative estimate of drug-likeness (QED) is 0.358. The van der Waals surface area contributed by atoms with Crippen LogP contribution in [0.4, 0.5) is 0 Å². The van der Waals surface area contributed by atoms with Crippen molar-refractivity contribution in [1.82, 2.24) is 34.8 Å². The predicted molar refractivity (Wildman–Crippen MR) is 120 cm³/mol. The van der Waals surface area contributed by atoms with Crippen LogP contribution in [0.2, 0.25) is 5.02 Å². The maximum absolute atomic E-state index is 6.14. The molecular weight excluding hydrogens is 410 g/mol. The first-order chi connectivity index (χ1) is 15.3. The highest BCUT2D eigenvalue weighted by Gasteiger charge is 2.14. The van der Waals surface area contributed by atoms with Gasteiger partial charge in [0.05, 0.1) is 19.6 Å². The molecule has 0 unspecified atom stereocenters. The van der Waals surface area contributed by atoms with Crippen LogP contribution in [0.15, 0.2) is 67.3 Å². The molecule has 0 fully saturated rings. The molecule has 8 heteroatoms. The van der Waals surface area contributed by atoms with Crippen LogP contribution in [0.5, 0.6) is 0 Å². The molecular formula is C23H26ClN7. The van der Waals surface area contributed by atoms with Gasteiger partial charge in [0.25, 0.3) is 0 Å². The lowest BCUT2D eigenvalue weighted by molar-refractivity contribution is 0.236. The summed E-state index contributed by atoms with van der Waals surface area (Å²) in [6.45, 7) is 3.01. The van der Waals surface area contributed by atoms with Crippen molar-refractivity contribution in [3.05, 3.63) is 95.1 Å². The van der Waals surface area contributed by atoms with E-state index in [2.05, 4.69) is 71.2 Å². The topological polar surface area (TPSA) is 75.5 Å². The predicted octanol–water partition coefficient (Wildman–Crippen LogP) is 4.12. The summed E-state index contributed by atoms with van der Waals surface area (Å²) in [5, 5.41) is 17.3. The number of aromatic nitrogens is 6. The molecule has 2 aromatic heterocycles. The third kappa shape index (κ3) is 6.47. The van der Waals surface area contributed by atoms with Crippen LogP contribution in [-0.2, 0) is 26.1 Å². The first-order valence-electron chi connectivity index (χ1n) is 10.5. The molecule has 1 N–H and O–H groups in total. The number of hydrogen-bond donors (Lipinski definition) is 1. The zero-order chi connectivity index (χ0) is 21.3. The van der Waals surface area contributed by atoms with E-state index in [0.717, 1.165) is 48.0 Å². The summed E-state index contributed by atoms with van der Waals surface area (Å²) in [6, 6.07) is 18.5. The van der Waals surface area contributed by atoms with Crippen molar-refractivity contribution < 1.29 is 0 Å². The van der Waals surface area contributed by atoms with Crippen molar-refractivity contribution >= 4 is 11.6 Å². The zero-order valence-corrected chi connectivity index (χ0v) is 18.1. The Hall–Kier alpha value is -3.03. The number of nitrogens with zero attached hydrogens (tertiary/aromatic N) is 6. The lowest BCUT2D eigenvalue weighted by Crippen LogP contribution is -2.26. The Morgan fingerprint density at radius 3 is 2.58 bits per heavy atom. The summed E-state index contributed by atoms with van der Waals surface area (Å²) < 4.78 is 2.07. The number of H-pyrrole nitrogens is 1. The zero-order valence-electron chi connectivity index (χ0n) is 17.4. The third-order valence-electron chi connectivity index (χ3n) is 5.18. The van der Waals surface area contributed by atoms with Gasteiger partial charge in [-0.2, -0.15) is 0 Å². The molecule has 0 amide bonds. The minimum atomic E-state index is 0.687. The Morgan fingerprint density at radius 1 is 0.903 bits per heavy atom. The smallest absolute Gasteiger partial charge is 0.147 e. The van der Waals surface area contributed by atoms with Crippen LogP contribution >= 0.6 is 11.6 Å². The summed E-state index contributed by atoms with van der Waals surface area (Å²) in [6.07, 6.45) is 6.70. The van der Waals surface area contributed by atoms with Crippen LogP contribution in [-0.4, -0.2) is 41.4 Å². The summed E-state index contributed by atoms with van der Waals surface area (Å²) in [5.41, 5.74) is 2.50. The van der Waals surface area contributed by atoms with Crippen molar-refractivity contribution in [3.63, 3.8) is 0 Å². The fraction of sp³-hybridized carbons (Fsp3) is 0.304. The van der Waals surface area contributed by atoms with Crippen molar-refractivity contribution in [3.8, 4) is 0 Å². The maximum Gasteiger partial charge on any atom is 0.147 e. The standard InChI is InChI=1S/C23H26ClN7/c24-21-11-6-10-20(13-21)14-31-18-27-29-23(31)16-30(15-22-25-17-26-28-22)12-5-4-9-19-7-2-1-3-8-19/h1-3,6-8,10-11,13,17-18H,4-5,9,12,14-16H2,(H,25,26,28). The molecule has 0 spiro atoms. The minimum absolute atomic E-state index is 0.687. The van der Waals surface area contributed by atoms with E-state index in [9.17, 15) is 0 Å². The lowest BCUT2D eigenvalue weighted by Gasteiger charge is -2.21. The molecule has 4 rings (SSSR count). The van der Waals surface area contributed by atoms with Crippen molar-refractivity contribution in [2.45, 2.75) is 38.9 Å². The Kier molecular flexibility index (Phi) is 7.41. The summed E-state index contributed by atoms with van der Waals surface area (Å²) >= 11 is 6.14. The van der Waals surface area contributed by atoms with Gasteiger partial charge in [0.2, 0.25) is 0 Å². The monoisotopic (exact) mass is 435 g/mol. The van der Waals surface area contributed by atoms with E-state index in [1.165, 1.54) is 5.56 Å². The van der Waals surface area contributed by atoms with Gasteiger partial charge in [-0.15, -0.1) is 20.4 Å². The molecule has 2 aromatic carbocycles. The molecule has 0 aliphatic heterocycles. The fourth-order valence-electron chi connectivity index (χ4n) is 3.61. The molecule has 0 atom stereocenters. The lowest BCUT2D eigenvalue weighted by atomic mass is 10.1. The molecule has 0 saturated carbocycles. The molecule has 31 heavy (non-hydrogen) atoms. The molecule has 0 aliphatic rings. The minimum Gasteiger partial charge on any atom is -0.330 e. The van der Waals surface area contributed by atoms with Crippen LogP contribution in [0.3, 0.4) is 0 Å². The fourth-order valence-corrected chi connectivity index (χ4v) is 3.82. The summed E-state index contributed by atoms with van der Waals surface area (Å²) in [4.78, 5) is 5.44. The van der Waals surface area contributed by atoms with Crippen molar-refractivity contribution in [1.29, 1.82) is 0 Å². The third-order valence-corrected chi connectivity index (χ3v) is 5.41. The highest BCUT2D eigenvalue weighted by atomic mass is 35.5. The Labute approximate surface area is 187 Å². The second kappa shape index (κ2) is 10.8. The van der Waals surface area contributed by atoms with Gasteiger partial charge in [-0.1, -0.05) is 54.1 Å². The highest BCUT2D eigenvalue weighted by Crippen LogP contribution is 2.14. The molecule has 0 bridgehead atoms. The van der Waals surface area contributed by atoms with Crippen LogP contribution in [0.25, 0.3) is 0 Å². The van der Waals surface area contributed by atoms with E-state index in [0.29, 0.717) is 19.6 Å². The number of benzene rings is 2. The van der Waals surface area contributed by atoms with Crippen LogP contribution < -0.4 is 0 Å². The van der Waals surface area contributed by atoms with Gasteiger partial charge < -0.3 is 9.55 Å². The molecule has 160 valence electrons.